The van der Waals surface area contributed by atoms with Gasteiger partial charge in [0, 0.05) is 38.6 Å². The predicted molar refractivity (Wildman–Crippen MR) is 103 cm³/mol. The van der Waals surface area contributed by atoms with Gasteiger partial charge in [-0.1, -0.05) is 0 Å². The maximum Gasteiger partial charge on any atom is 0.243 e. The van der Waals surface area contributed by atoms with E-state index in [4.69, 9.17) is 0 Å². The lowest BCUT2D eigenvalue weighted by Crippen LogP contribution is -2.49. The number of hydrogen-bond donors (Lipinski definition) is 0. The molecule has 0 bridgehead atoms. The molecule has 0 spiro atoms. The van der Waals surface area contributed by atoms with Gasteiger partial charge in [0.25, 0.3) is 0 Å². The molecule has 0 aliphatic carbocycles. The zero-order chi connectivity index (χ0) is 19.1. The molecule has 7 heteroatoms. The third kappa shape index (κ3) is 3.10. The molecule has 140 valence electrons. The summed E-state index contributed by atoms with van der Waals surface area (Å²) in [7, 11) is -3.52. The van der Waals surface area contributed by atoms with E-state index in [1.165, 1.54) is 5.56 Å². The summed E-state index contributed by atoms with van der Waals surface area (Å²) < 4.78 is 28.3. The molecule has 2 aromatic rings. The molecule has 0 N–H and O–H groups in total. The molecule has 1 aromatic heterocycles. The highest BCUT2D eigenvalue weighted by molar-refractivity contribution is 7.89. The smallest absolute Gasteiger partial charge is 0.243 e. The van der Waals surface area contributed by atoms with E-state index in [0.29, 0.717) is 31.1 Å². The summed E-state index contributed by atoms with van der Waals surface area (Å²) in [6.45, 7) is 12.0. The first kappa shape index (κ1) is 18.8. The third-order valence-corrected chi connectivity index (χ3v) is 7.81. The van der Waals surface area contributed by atoms with Crippen LogP contribution in [0.1, 0.15) is 27.8 Å². The van der Waals surface area contributed by atoms with E-state index < -0.39 is 10.0 Å². The van der Waals surface area contributed by atoms with Gasteiger partial charge in [0.1, 0.15) is 5.82 Å². The van der Waals surface area contributed by atoms with Crippen molar-refractivity contribution < 1.29 is 8.42 Å². The van der Waals surface area contributed by atoms with Crippen molar-refractivity contribution in [1.82, 2.24) is 14.3 Å². The predicted octanol–water partition coefficient (Wildman–Crippen LogP) is 2.53. The Bertz CT molecular complexity index is 889. The van der Waals surface area contributed by atoms with Crippen LogP contribution in [0.5, 0.6) is 0 Å². The molecule has 2 heterocycles. The van der Waals surface area contributed by atoms with Gasteiger partial charge in [-0.25, -0.2) is 13.4 Å². The molecule has 1 aliphatic heterocycles. The maximum atomic E-state index is 13.4. The Morgan fingerprint density at radius 1 is 0.808 bits per heavy atom. The number of rotatable bonds is 3. The van der Waals surface area contributed by atoms with Gasteiger partial charge in [0.05, 0.1) is 11.1 Å². The average Bonchev–Trinajstić information content (AvgIpc) is 2.65. The number of sulfonamides is 1. The largest absolute Gasteiger partial charge is 0.353 e. The van der Waals surface area contributed by atoms with Crippen molar-refractivity contribution in [3.8, 4) is 0 Å². The minimum atomic E-state index is -3.52. The molecule has 1 saturated heterocycles. The van der Waals surface area contributed by atoms with Gasteiger partial charge in [-0.15, -0.1) is 0 Å². The molecular weight excluding hydrogens is 348 g/mol. The second kappa shape index (κ2) is 6.96. The summed E-state index contributed by atoms with van der Waals surface area (Å²) >= 11 is 0. The van der Waals surface area contributed by atoms with E-state index in [-0.39, 0.29) is 0 Å². The van der Waals surface area contributed by atoms with Gasteiger partial charge in [-0.3, -0.25) is 4.98 Å². The van der Waals surface area contributed by atoms with Crippen molar-refractivity contribution in [3.05, 3.63) is 46.4 Å². The van der Waals surface area contributed by atoms with Gasteiger partial charge < -0.3 is 4.90 Å². The van der Waals surface area contributed by atoms with Crippen molar-refractivity contribution in [2.45, 2.75) is 39.5 Å². The lowest BCUT2D eigenvalue weighted by atomic mass is 9.95. The average molecular weight is 375 g/mol. The Balaban J connectivity index is 1.89. The zero-order valence-corrected chi connectivity index (χ0v) is 16.9. The van der Waals surface area contributed by atoms with Crippen LogP contribution in [0.4, 0.5) is 5.82 Å². The van der Waals surface area contributed by atoms with Crippen LogP contribution >= 0.6 is 0 Å². The fraction of sp³-hybridized carbons (Fsp3) is 0.474. The van der Waals surface area contributed by atoms with E-state index >= 15 is 0 Å². The summed E-state index contributed by atoms with van der Waals surface area (Å²) in [4.78, 5) is 10.9. The minimum Gasteiger partial charge on any atom is -0.353 e. The Kier molecular flexibility index (Phi) is 5.03. The van der Waals surface area contributed by atoms with Gasteiger partial charge in [-0.2, -0.15) is 4.31 Å². The van der Waals surface area contributed by atoms with Crippen LogP contribution in [0.3, 0.4) is 0 Å². The fourth-order valence-electron chi connectivity index (χ4n) is 3.59. The van der Waals surface area contributed by atoms with Gasteiger partial charge in [0.2, 0.25) is 10.0 Å². The molecule has 0 atom stereocenters. The number of piperazine rings is 1. The molecule has 1 aliphatic rings. The zero-order valence-electron chi connectivity index (χ0n) is 16.1. The molecule has 3 rings (SSSR count). The van der Waals surface area contributed by atoms with Crippen molar-refractivity contribution in [1.29, 1.82) is 0 Å². The summed E-state index contributed by atoms with van der Waals surface area (Å²) in [5.41, 5.74) is 5.02. The second-order valence-corrected chi connectivity index (χ2v) is 8.78. The highest BCUT2D eigenvalue weighted by Crippen LogP contribution is 2.32. The van der Waals surface area contributed by atoms with Crippen LogP contribution in [0.2, 0.25) is 0 Å². The lowest BCUT2D eigenvalue weighted by Gasteiger charge is -2.35. The van der Waals surface area contributed by atoms with Gasteiger partial charge in [-0.05, 0) is 62.4 Å². The van der Waals surface area contributed by atoms with Crippen molar-refractivity contribution in [2.75, 3.05) is 31.1 Å². The molecule has 1 aromatic carbocycles. The fourth-order valence-corrected chi connectivity index (χ4v) is 5.58. The molecule has 0 unspecified atom stereocenters. The van der Waals surface area contributed by atoms with Crippen molar-refractivity contribution in [3.63, 3.8) is 0 Å². The first-order chi connectivity index (χ1) is 12.2. The molecule has 26 heavy (non-hydrogen) atoms. The van der Waals surface area contributed by atoms with E-state index in [1.54, 1.807) is 22.9 Å². The topological polar surface area (TPSA) is 66.4 Å². The maximum absolute atomic E-state index is 13.4. The van der Waals surface area contributed by atoms with Gasteiger partial charge in [0.15, 0.2) is 0 Å². The Hall–Kier alpha value is -1.99. The molecule has 0 amide bonds. The van der Waals surface area contributed by atoms with Crippen LogP contribution in [0, 0.1) is 34.6 Å². The summed E-state index contributed by atoms with van der Waals surface area (Å²) in [5, 5.41) is 0. The first-order valence-electron chi connectivity index (χ1n) is 8.83. The monoisotopic (exact) mass is 374 g/mol. The molecule has 6 nitrogen and oxygen atoms in total. The SMILES string of the molecule is Cc1c(C)c(C)c(S(=O)(=O)N2CCN(c3cnccn3)CC2)c(C)c1C. The molecule has 0 radical (unpaired) electrons. The quantitative estimate of drug-likeness (QED) is 0.826. The molecule has 0 saturated carbocycles. The van der Waals surface area contributed by atoms with Crippen molar-refractivity contribution in [2.24, 2.45) is 0 Å². The van der Waals surface area contributed by atoms with Crippen LogP contribution in [-0.4, -0.2) is 48.9 Å². The normalized spacial score (nSPS) is 16.1. The second-order valence-electron chi connectivity index (χ2n) is 6.91. The number of benzene rings is 1. The number of nitrogens with zero attached hydrogens (tertiary/aromatic N) is 4. The van der Waals surface area contributed by atoms with E-state index in [9.17, 15) is 8.42 Å². The van der Waals surface area contributed by atoms with E-state index in [1.807, 2.05) is 27.7 Å². The number of aromatic nitrogens is 2. The van der Waals surface area contributed by atoms with Gasteiger partial charge >= 0.3 is 0 Å². The van der Waals surface area contributed by atoms with Crippen LogP contribution in [0.15, 0.2) is 23.5 Å². The highest BCUT2D eigenvalue weighted by atomic mass is 32.2. The summed E-state index contributed by atoms with van der Waals surface area (Å²) in [5.74, 6) is 0.791. The lowest BCUT2D eigenvalue weighted by molar-refractivity contribution is 0.383. The summed E-state index contributed by atoms with van der Waals surface area (Å²) in [6.07, 6.45) is 5.01. The standard InChI is InChI=1S/C19H26N4O2S/c1-13-14(2)16(4)19(17(5)15(13)3)26(24,25)23-10-8-22(9-11-23)18-12-20-6-7-21-18/h6-7,12H,8-11H2,1-5H3. The van der Waals surface area contributed by atoms with E-state index in [0.717, 1.165) is 28.1 Å². The Morgan fingerprint density at radius 2 is 1.35 bits per heavy atom. The Morgan fingerprint density at radius 3 is 1.85 bits per heavy atom. The molecular formula is C19H26N4O2S. The first-order valence-corrected chi connectivity index (χ1v) is 10.3. The van der Waals surface area contributed by atoms with E-state index in [2.05, 4.69) is 21.8 Å². The van der Waals surface area contributed by atoms with Crippen LogP contribution < -0.4 is 4.90 Å². The minimum absolute atomic E-state index is 0.448. The number of hydrogen-bond acceptors (Lipinski definition) is 5. The Labute approximate surface area is 155 Å². The number of anilines is 1. The third-order valence-electron chi connectivity index (χ3n) is 5.64. The summed E-state index contributed by atoms with van der Waals surface area (Å²) in [6, 6.07) is 0. The highest BCUT2D eigenvalue weighted by Gasteiger charge is 2.32. The van der Waals surface area contributed by atoms with Crippen LogP contribution in [0.25, 0.3) is 0 Å². The molecule has 1 fully saturated rings. The van der Waals surface area contributed by atoms with Crippen molar-refractivity contribution >= 4 is 15.8 Å². The van der Waals surface area contributed by atoms with Crippen LogP contribution in [-0.2, 0) is 10.0 Å².